The number of benzene rings is 1. The molecule has 0 atom stereocenters. The summed E-state index contributed by atoms with van der Waals surface area (Å²) >= 11 is 0. The molecule has 0 fully saturated rings. The molecule has 1 aromatic rings. The van der Waals surface area contributed by atoms with Gasteiger partial charge in [-0.1, -0.05) is 30.3 Å². The van der Waals surface area contributed by atoms with E-state index in [0.717, 1.165) is 0 Å². The van der Waals surface area contributed by atoms with Crippen molar-refractivity contribution in [1.82, 2.24) is 10.0 Å². The largest absolute Gasteiger partial charge is 0.465 e. The maximum atomic E-state index is 11.6. The third-order valence-electron chi connectivity index (χ3n) is 1.92. The van der Waals surface area contributed by atoms with E-state index >= 15 is 0 Å². The normalized spacial score (nSPS) is 11.1. The monoisotopic (exact) mass is 258 g/mol. The molecule has 1 amide bonds. The van der Waals surface area contributed by atoms with Crippen molar-refractivity contribution in [2.24, 2.45) is 0 Å². The van der Waals surface area contributed by atoms with Crippen LogP contribution in [0.15, 0.2) is 30.3 Å². The van der Waals surface area contributed by atoms with Crippen LogP contribution < -0.4 is 10.0 Å². The van der Waals surface area contributed by atoms with Gasteiger partial charge >= 0.3 is 6.09 Å². The van der Waals surface area contributed by atoms with Crippen molar-refractivity contribution in [3.05, 3.63) is 35.9 Å². The Morgan fingerprint density at radius 2 is 1.82 bits per heavy atom. The van der Waals surface area contributed by atoms with E-state index in [1.54, 1.807) is 30.3 Å². The maximum Gasteiger partial charge on any atom is 0.404 e. The third kappa shape index (κ3) is 5.88. The van der Waals surface area contributed by atoms with E-state index in [9.17, 15) is 13.2 Å². The predicted molar refractivity (Wildman–Crippen MR) is 63.1 cm³/mol. The van der Waals surface area contributed by atoms with E-state index in [4.69, 9.17) is 5.11 Å². The summed E-state index contributed by atoms with van der Waals surface area (Å²) in [5.41, 5.74) is 0.686. The summed E-state index contributed by atoms with van der Waals surface area (Å²) in [5, 5.41) is 10.4. The van der Waals surface area contributed by atoms with E-state index in [2.05, 4.69) is 10.0 Å². The Kier molecular flexibility index (Phi) is 4.92. The van der Waals surface area contributed by atoms with Gasteiger partial charge < -0.3 is 10.4 Å². The Morgan fingerprint density at radius 1 is 1.18 bits per heavy atom. The number of amides is 1. The number of rotatable bonds is 6. The zero-order valence-corrected chi connectivity index (χ0v) is 9.90. The van der Waals surface area contributed by atoms with Crippen molar-refractivity contribution in [3.8, 4) is 0 Å². The zero-order valence-electron chi connectivity index (χ0n) is 9.09. The van der Waals surface area contributed by atoms with Crippen LogP contribution in [0, 0.1) is 0 Å². The SMILES string of the molecule is O=C(O)NCCNS(=O)(=O)Cc1ccccc1. The van der Waals surface area contributed by atoms with Crippen LogP contribution in [0.25, 0.3) is 0 Å². The lowest BCUT2D eigenvalue weighted by Gasteiger charge is -2.06. The second-order valence-corrected chi connectivity index (χ2v) is 5.18. The second kappa shape index (κ2) is 6.21. The highest BCUT2D eigenvalue weighted by molar-refractivity contribution is 7.88. The zero-order chi connectivity index (χ0) is 12.7. The topological polar surface area (TPSA) is 95.5 Å². The number of nitrogens with one attached hydrogen (secondary N) is 2. The standard InChI is InChI=1S/C10H14N2O4S/c13-10(14)11-6-7-12-17(15,16)8-9-4-2-1-3-5-9/h1-5,11-12H,6-8H2,(H,13,14). The molecule has 94 valence electrons. The summed E-state index contributed by atoms with van der Waals surface area (Å²) in [4.78, 5) is 10.1. The maximum absolute atomic E-state index is 11.6. The quantitative estimate of drug-likeness (QED) is 0.642. The van der Waals surface area contributed by atoms with E-state index in [1.165, 1.54) is 0 Å². The Hall–Kier alpha value is -1.60. The Labute approximate surface area is 99.7 Å². The first-order valence-electron chi connectivity index (χ1n) is 4.98. The molecule has 7 heteroatoms. The van der Waals surface area contributed by atoms with Crippen molar-refractivity contribution in [2.75, 3.05) is 13.1 Å². The van der Waals surface area contributed by atoms with Crippen LogP contribution in [0.2, 0.25) is 0 Å². The van der Waals surface area contributed by atoms with Gasteiger partial charge in [0.05, 0.1) is 5.75 Å². The van der Waals surface area contributed by atoms with Gasteiger partial charge in [0, 0.05) is 13.1 Å². The van der Waals surface area contributed by atoms with Crippen molar-refractivity contribution in [3.63, 3.8) is 0 Å². The first kappa shape index (κ1) is 13.5. The Bertz CT molecular complexity index is 458. The molecule has 17 heavy (non-hydrogen) atoms. The molecule has 1 aromatic carbocycles. The van der Waals surface area contributed by atoms with Crippen LogP contribution in [0.3, 0.4) is 0 Å². The molecule has 0 aliphatic rings. The molecular formula is C10H14N2O4S. The highest BCUT2D eigenvalue weighted by Gasteiger charge is 2.10. The van der Waals surface area contributed by atoms with Gasteiger partial charge in [-0.25, -0.2) is 17.9 Å². The summed E-state index contributed by atoms with van der Waals surface area (Å²) in [6, 6.07) is 8.76. The minimum Gasteiger partial charge on any atom is -0.465 e. The minimum atomic E-state index is -3.42. The fourth-order valence-corrected chi connectivity index (χ4v) is 2.37. The first-order valence-corrected chi connectivity index (χ1v) is 6.63. The molecule has 0 bridgehead atoms. The van der Waals surface area contributed by atoms with Crippen LogP contribution in [-0.4, -0.2) is 32.7 Å². The molecular weight excluding hydrogens is 244 g/mol. The summed E-state index contributed by atoms with van der Waals surface area (Å²) in [6.45, 7) is 0.0881. The number of carboxylic acid groups (broad SMARTS) is 1. The van der Waals surface area contributed by atoms with Crippen LogP contribution in [-0.2, 0) is 15.8 Å². The Balaban J connectivity index is 2.39. The molecule has 0 unspecified atom stereocenters. The molecule has 0 aromatic heterocycles. The number of carbonyl (C=O) groups is 1. The van der Waals surface area contributed by atoms with Crippen molar-refractivity contribution in [1.29, 1.82) is 0 Å². The predicted octanol–water partition coefficient (Wildman–Crippen LogP) is 0.374. The van der Waals surface area contributed by atoms with E-state index < -0.39 is 16.1 Å². The lowest BCUT2D eigenvalue weighted by atomic mass is 10.2. The van der Waals surface area contributed by atoms with Gasteiger partial charge in [0.25, 0.3) is 0 Å². The van der Waals surface area contributed by atoms with E-state index in [-0.39, 0.29) is 18.8 Å². The van der Waals surface area contributed by atoms with Gasteiger partial charge in [0.2, 0.25) is 10.0 Å². The van der Waals surface area contributed by atoms with Crippen molar-refractivity contribution < 1.29 is 18.3 Å². The number of sulfonamides is 1. The van der Waals surface area contributed by atoms with Crippen LogP contribution >= 0.6 is 0 Å². The summed E-state index contributed by atoms with van der Waals surface area (Å²) in [5.74, 6) is -0.110. The number of hydrogen-bond acceptors (Lipinski definition) is 3. The highest BCUT2D eigenvalue weighted by Crippen LogP contribution is 2.03. The van der Waals surface area contributed by atoms with Gasteiger partial charge in [-0.15, -0.1) is 0 Å². The van der Waals surface area contributed by atoms with E-state index in [1.807, 2.05) is 0 Å². The summed E-state index contributed by atoms with van der Waals surface area (Å²) in [7, 11) is -3.42. The molecule has 0 radical (unpaired) electrons. The van der Waals surface area contributed by atoms with Gasteiger partial charge in [0.15, 0.2) is 0 Å². The molecule has 0 spiro atoms. The average Bonchev–Trinajstić information content (AvgIpc) is 2.25. The fraction of sp³-hybridized carbons (Fsp3) is 0.300. The molecule has 6 nitrogen and oxygen atoms in total. The molecule has 0 saturated heterocycles. The molecule has 0 aliphatic heterocycles. The fourth-order valence-electron chi connectivity index (χ4n) is 1.22. The van der Waals surface area contributed by atoms with E-state index in [0.29, 0.717) is 5.56 Å². The second-order valence-electron chi connectivity index (χ2n) is 3.37. The Morgan fingerprint density at radius 3 is 2.41 bits per heavy atom. The number of hydrogen-bond donors (Lipinski definition) is 3. The average molecular weight is 258 g/mol. The molecule has 1 rings (SSSR count). The smallest absolute Gasteiger partial charge is 0.404 e. The van der Waals surface area contributed by atoms with Gasteiger partial charge in [-0.2, -0.15) is 0 Å². The summed E-state index contributed by atoms with van der Waals surface area (Å²) in [6.07, 6.45) is -1.17. The van der Waals surface area contributed by atoms with Crippen LogP contribution in [0.4, 0.5) is 4.79 Å². The van der Waals surface area contributed by atoms with Crippen LogP contribution in [0.5, 0.6) is 0 Å². The first-order chi connectivity index (χ1) is 7.99. The van der Waals surface area contributed by atoms with Gasteiger partial charge in [0.1, 0.15) is 0 Å². The van der Waals surface area contributed by atoms with Crippen molar-refractivity contribution in [2.45, 2.75) is 5.75 Å². The highest BCUT2D eigenvalue weighted by atomic mass is 32.2. The minimum absolute atomic E-state index is 0.0431. The third-order valence-corrected chi connectivity index (χ3v) is 3.28. The lowest BCUT2D eigenvalue weighted by molar-refractivity contribution is 0.194. The molecule has 3 N–H and O–H groups in total. The van der Waals surface area contributed by atoms with Gasteiger partial charge in [-0.3, -0.25) is 0 Å². The lowest BCUT2D eigenvalue weighted by Crippen LogP contribution is -2.34. The van der Waals surface area contributed by atoms with Gasteiger partial charge in [-0.05, 0) is 5.56 Å². The van der Waals surface area contributed by atoms with Crippen LogP contribution in [0.1, 0.15) is 5.56 Å². The molecule has 0 saturated carbocycles. The summed E-state index contributed by atoms with van der Waals surface area (Å²) < 4.78 is 25.4. The molecule has 0 aliphatic carbocycles. The van der Waals surface area contributed by atoms with Crippen molar-refractivity contribution >= 4 is 16.1 Å². The molecule has 0 heterocycles.